The zero-order chi connectivity index (χ0) is 40.4. The van der Waals surface area contributed by atoms with E-state index in [1.54, 1.807) is 0 Å². The van der Waals surface area contributed by atoms with Crippen LogP contribution in [-0.4, -0.2) is 165 Å². The summed E-state index contributed by atoms with van der Waals surface area (Å²) in [5.41, 5.74) is -2.79. The first-order chi connectivity index (χ1) is 25.8. The highest BCUT2D eigenvalue weighted by Crippen LogP contribution is 2.69. The van der Waals surface area contributed by atoms with Crippen LogP contribution in [0.25, 0.3) is 0 Å². The first kappa shape index (κ1) is 43.7. The number of aliphatic hydroxyl groups is 9. The third-order valence-corrected chi connectivity index (χ3v) is 15.1. The van der Waals surface area contributed by atoms with Gasteiger partial charge in [0.05, 0.1) is 55.9 Å². The monoisotopic (exact) mass is 788 g/mol. The molecule has 2 aliphatic heterocycles. The van der Waals surface area contributed by atoms with Gasteiger partial charge in [-0.1, -0.05) is 46.8 Å². The van der Waals surface area contributed by atoms with E-state index in [1.807, 2.05) is 32.9 Å². The molecule has 22 unspecified atom stereocenters. The molecule has 0 bridgehead atoms. The molecule has 4 saturated carbocycles. The lowest BCUT2D eigenvalue weighted by Crippen LogP contribution is -2.71. The smallest absolute Gasteiger partial charge is 0.186 e. The SMILES string of the molecule is COC1C(O)COC(OC2COC(OCC(C=CC(C)C3C(O)C(O)C4C3(C)CCC3C5(C)CCC(O)C(O)C5C(O)CC34O)C(C)C)C(O)C2OC)C1O. The van der Waals surface area contributed by atoms with Crippen molar-refractivity contribution in [3.8, 4) is 0 Å². The van der Waals surface area contributed by atoms with Gasteiger partial charge in [0.1, 0.15) is 36.6 Å². The molecule has 15 nitrogen and oxygen atoms in total. The molecule has 6 rings (SSSR count). The van der Waals surface area contributed by atoms with Crippen LogP contribution in [0.5, 0.6) is 0 Å². The quantitative estimate of drug-likeness (QED) is 0.122. The fourth-order valence-electron chi connectivity index (χ4n) is 12.3. The molecule has 2 heterocycles. The Balaban J connectivity index is 1.11. The number of hydrogen-bond acceptors (Lipinski definition) is 15. The van der Waals surface area contributed by atoms with Crippen LogP contribution in [0.2, 0.25) is 0 Å². The van der Waals surface area contributed by atoms with Crippen LogP contribution in [0.1, 0.15) is 66.7 Å². The molecule has 0 aromatic rings. The van der Waals surface area contributed by atoms with Crippen molar-refractivity contribution in [3.63, 3.8) is 0 Å². The number of fused-ring (bicyclic) bond motifs is 5. The van der Waals surface area contributed by atoms with Gasteiger partial charge in [-0.3, -0.25) is 0 Å². The Morgan fingerprint density at radius 2 is 1.35 bits per heavy atom. The van der Waals surface area contributed by atoms with E-state index in [0.717, 1.165) is 0 Å². The normalized spacial score (nSPS) is 52.8. The molecule has 15 heteroatoms. The van der Waals surface area contributed by atoms with Crippen LogP contribution in [-0.2, 0) is 28.4 Å². The van der Waals surface area contributed by atoms with E-state index in [2.05, 4.69) is 13.8 Å². The third kappa shape index (κ3) is 7.50. The molecule has 0 amide bonds. The summed E-state index contributed by atoms with van der Waals surface area (Å²) < 4.78 is 34.2. The van der Waals surface area contributed by atoms with E-state index < -0.39 is 114 Å². The molecule has 0 spiro atoms. The average molecular weight is 789 g/mol. The predicted octanol–water partition coefficient (Wildman–Crippen LogP) is -0.304. The highest BCUT2D eigenvalue weighted by Gasteiger charge is 2.73. The molecule has 2 saturated heterocycles. The summed E-state index contributed by atoms with van der Waals surface area (Å²) in [5.74, 6) is -2.25. The summed E-state index contributed by atoms with van der Waals surface area (Å²) in [7, 11) is 2.80. The van der Waals surface area contributed by atoms with Gasteiger partial charge in [-0.25, -0.2) is 0 Å². The molecular formula is C40H68O15. The van der Waals surface area contributed by atoms with Crippen molar-refractivity contribution in [1.82, 2.24) is 0 Å². The zero-order valence-electron chi connectivity index (χ0n) is 33.3. The van der Waals surface area contributed by atoms with Gasteiger partial charge in [-0.05, 0) is 60.2 Å². The second-order valence-corrected chi connectivity index (χ2v) is 18.5. The Kier molecular flexibility index (Phi) is 13.2. The fourth-order valence-corrected chi connectivity index (χ4v) is 12.3. The molecular weight excluding hydrogens is 720 g/mol. The summed E-state index contributed by atoms with van der Waals surface area (Å²) in [6.45, 7) is 10.2. The Hall–Kier alpha value is -0.860. The maximum Gasteiger partial charge on any atom is 0.186 e. The molecule has 55 heavy (non-hydrogen) atoms. The predicted molar refractivity (Wildman–Crippen MR) is 195 cm³/mol. The molecule has 6 fully saturated rings. The number of aliphatic hydroxyl groups excluding tert-OH is 8. The number of methoxy groups -OCH3 is 2. The number of rotatable bonds is 11. The van der Waals surface area contributed by atoms with Crippen molar-refractivity contribution in [2.24, 2.45) is 52.3 Å². The molecule has 22 atom stereocenters. The first-order valence-corrected chi connectivity index (χ1v) is 20.3. The van der Waals surface area contributed by atoms with Gasteiger partial charge in [0.25, 0.3) is 0 Å². The minimum Gasteiger partial charge on any atom is -0.393 e. The maximum atomic E-state index is 12.6. The van der Waals surface area contributed by atoms with Crippen molar-refractivity contribution in [3.05, 3.63) is 12.2 Å². The van der Waals surface area contributed by atoms with Gasteiger partial charge < -0.3 is 74.4 Å². The Labute approximate surface area is 324 Å². The Morgan fingerprint density at radius 3 is 2.00 bits per heavy atom. The lowest BCUT2D eigenvalue weighted by molar-refractivity contribution is -0.332. The number of allylic oxidation sites excluding steroid dienone is 1. The van der Waals surface area contributed by atoms with Crippen LogP contribution >= 0.6 is 0 Å². The van der Waals surface area contributed by atoms with Gasteiger partial charge in [-0.15, -0.1) is 0 Å². The van der Waals surface area contributed by atoms with Gasteiger partial charge >= 0.3 is 0 Å². The summed E-state index contributed by atoms with van der Waals surface area (Å²) in [4.78, 5) is 0. The van der Waals surface area contributed by atoms with Crippen LogP contribution in [0, 0.1) is 52.3 Å². The van der Waals surface area contributed by atoms with Crippen molar-refractivity contribution in [2.45, 2.75) is 152 Å². The van der Waals surface area contributed by atoms with Crippen molar-refractivity contribution >= 4 is 0 Å². The van der Waals surface area contributed by atoms with Gasteiger partial charge in [0, 0.05) is 38.4 Å². The molecule has 9 N–H and O–H groups in total. The third-order valence-electron chi connectivity index (χ3n) is 15.1. The van der Waals surface area contributed by atoms with Crippen LogP contribution in [0.15, 0.2) is 12.2 Å². The van der Waals surface area contributed by atoms with E-state index in [0.29, 0.717) is 25.7 Å². The second kappa shape index (κ2) is 16.7. The van der Waals surface area contributed by atoms with Crippen molar-refractivity contribution < 1.29 is 74.4 Å². The van der Waals surface area contributed by atoms with Gasteiger partial charge in [0.15, 0.2) is 12.6 Å². The van der Waals surface area contributed by atoms with Gasteiger partial charge in [0.2, 0.25) is 0 Å². The molecule has 0 aromatic heterocycles. The first-order valence-electron chi connectivity index (χ1n) is 20.3. The number of hydrogen-bond donors (Lipinski definition) is 9. The summed E-state index contributed by atoms with van der Waals surface area (Å²) >= 11 is 0. The lowest BCUT2D eigenvalue weighted by atomic mass is 9.41. The van der Waals surface area contributed by atoms with Crippen molar-refractivity contribution in [1.29, 1.82) is 0 Å². The van der Waals surface area contributed by atoms with Gasteiger partial charge in [-0.2, -0.15) is 0 Å². The minimum atomic E-state index is -1.48. The van der Waals surface area contributed by atoms with E-state index >= 15 is 0 Å². The Morgan fingerprint density at radius 1 is 0.709 bits per heavy atom. The highest BCUT2D eigenvalue weighted by molar-refractivity contribution is 5.23. The van der Waals surface area contributed by atoms with Crippen LogP contribution < -0.4 is 0 Å². The summed E-state index contributed by atoms with van der Waals surface area (Å²) in [5, 5.41) is 101. The van der Waals surface area contributed by atoms with E-state index in [9.17, 15) is 46.0 Å². The molecule has 318 valence electrons. The van der Waals surface area contributed by atoms with Crippen LogP contribution in [0.4, 0.5) is 0 Å². The number of ether oxygens (including phenoxy) is 6. The van der Waals surface area contributed by atoms with E-state index in [4.69, 9.17) is 28.4 Å². The topological polar surface area (TPSA) is 237 Å². The Bertz CT molecular complexity index is 1320. The summed E-state index contributed by atoms with van der Waals surface area (Å²) in [6, 6.07) is 0. The zero-order valence-corrected chi connectivity index (χ0v) is 33.3. The molecule has 4 aliphatic carbocycles. The lowest BCUT2D eigenvalue weighted by Gasteiger charge is -2.66. The molecule has 6 aliphatic rings. The minimum absolute atomic E-state index is 0.0273. The molecule has 0 radical (unpaired) electrons. The van der Waals surface area contributed by atoms with E-state index in [-0.39, 0.29) is 49.9 Å². The van der Waals surface area contributed by atoms with Crippen molar-refractivity contribution in [2.75, 3.05) is 34.0 Å². The maximum absolute atomic E-state index is 12.6. The second-order valence-electron chi connectivity index (χ2n) is 18.5. The highest BCUT2D eigenvalue weighted by atomic mass is 16.7. The molecule has 0 aromatic carbocycles. The fraction of sp³-hybridized carbons (Fsp3) is 0.950. The van der Waals surface area contributed by atoms with Crippen LogP contribution in [0.3, 0.4) is 0 Å². The van der Waals surface area contributed by atoms with E-state index in [1.165, 1.54) is 14.2 Å². The average Bonchev–Trinajstić information content (AvgIpc) is 3.33. The standard InChI is InChI=1S/C40H68O15/c1-18(2)20(15-52-36-32(48)34(51-7)24(17-54-36)55-37-31(47)33(50-6)23(43)16-53-37)9-8-19(3)26-29(45)30(46)35-39(26,5)13-11-25-38(4)12-10-21(41)28(44)27(38)22(42)14-40(25,35)49/h8-9,18-37,41-49H,10-17H2,1-7H3. The summed E-state index contributed by atoms with van der Waals surface area (Å²) in [6.07, 6.45) is -7.61. The largest absolute Gasteiger partial charge is 0.393 e.